The molecule has 0 aromatic heterocycles. The fraction of sp³-hybridized carbons (Fsp3) is 0.300. The van der Waals surface area contributed by atoms with Gasteiger partial charge in [0.15, 0.2) is 0 Å². The number of amides is 1. The molecule has 1 amide bonds. The number of carbonyl (C=O) groups excluding carboxylic acids is 2. The average Bonchev–Trinajstić information content (AvgIpc) is 2.67. The highest BCUT2D eigenvalue weighted by Gasteiger charge is 2.18. The van der Waals surface area contributed by atoms with Crippen LogP contribution in [0.5, 0.6) is 5.75 Å². The van der Waals surface area contributed by atoms with Gasteiger partial charge < -0.3 is 20.5 Å². The van der Waals surface area contributed by atoms with Gasteiger partial charge in [-0.25, -0.2) is 0 Å². The standard InChI is InChI=1S/C20H24N2O4/c1-25-17-9-7-15(8-10-17)11-12-22-20(24)18(21)13-19(23)26-14-16-5-3-2-4-6-16/h2-10,18H,11-14,21H2,1H3,(H,22,24)/t18-/m0/s1. The van der Waals surface area contributed by atoms with E-state index in [2.05, 4.69) is 5.32 Å². The van der Waals surface area contributed by atoms with Gasteiger partial charge in [-0.05, 0) is 29.7 Å². The normalized spacial score (nSPS) is 11.5. The van der Waals surface area contributed by atoms with E-state index in [9.17, 15) is 9.59 Å². The SMILES string of the molecule is COc1ccc(CCNC(=O)[C@@H](N)CC(=O)OCc2ccccc2)cc1. The molecule has 0 aliphatic heterocycles. The number of rotatable bonds is 9. The Labute approximate surface area is 153 Å². The minimum absolute atomic E-state index is 0.152. The summed E-state index contributed by atoms with van der Waals surface area (Å²) in [4.78, 5) is 23.8. The topological polar surface area (TPSA) is 90.6 Å². The van der Waals surface area contributed by atoms with E-state index < -0.39 is 12.0 Å². The number of nitrogens with two attached hydrogens (primary N) is 1. The van der Waals surface area contributed by atoms with Crippen molar-refractivity contribution in [3.63, 3.8) is 0 Å². The molecule has 0 spiro atoms. The first-order valence-corrected chi connectivity index (χ1v) is 8.44. The van der Waals surface area contributed by atoms with Crippen molar-refractivity contribution in [3.05, 3.63) is 65.7 Å². The quantitative estimate of drug-likeness (QED) is 0.669. The number of benzene rings is 2. The van der Waals surface area contributed by atoms with Gasteiger partial charge in [0.2, 0.25) is 5.91 Å². The highest BCUT2D eigenvalue weighted by molar-refractivity contribution is 5.86. The van der Waals surface area contributed by atoms with Gasteiger partial charge in [0.25, 0.3) is 0 Å². The minimum Gasteiger partial charge on any atom is -0.497 e. The molecule has 6 nitrogen and oxygen atoms in total. The van der Waals surface area contributed by atoms with Crippen molar-refractivity contribution >= 4 is 11.9 Å². The summed E-state index contributed by atoms with van der Waals surface area (Å²) in [6.07, 6.45) is 0.516. The van der Waals surface area contributed by atoms with Crippen LogP contribution in [-0.4, -0.2) is 31.6 Å². The van der Waals surface area contributed by atoms with Crippen molar-refractivity contribution in [1.29, 1.82) is 0 Å². The van der Waals surface area contributed by atoms with Gasteiger partial charge in [0, 0.05) is 6.54 Å². The molecular formula is C20H24N2O4. The molecular weight excluding hydrogens is 332 g/mol. The molecule has 0 aliphatic carbocycles. The van der Waals surface area contributed by atoms with Crippen LogP contribution in [0.3, 0.4) is 0 Å². The monoisotopic (exact) mass is 356 g/mol. The molecule has 2 aromatic rings. The molecule has 0 saturated heterocycles. The summed E-state index contributed by atoms with van der Waals surface area (Å²) >= 11 is 0. The average molecular weight is 356 g/mol. The van der Waals surface area contributed by atoms with E-state index in [1.807, 2.05) is 54.6 Å². The lowest BCUT2D eigenvalue weighted by molar-refractivity contribution is -0.146. The predicted molar refractivity (Wildman–Crippen MR) is 98.5 cm³/mol. The van der Waals surface area contributed by atoms with Gasteiger partial charge in [0.1, 0.15) is 12.4 Å². The molecule has 0 heterocycles. The highest BCUT2D eigenvalue weighted by atomic mass is 16.5. The van der Waals surface area contributed by atoms with Crippen LogP contribution in [0.1, 0.15) is 17.5 Å². The third kappa shape index (κ3) is 6.57. The smallest absolute Gasteiger partial charge is 0.308 e. The molecule has 138 valence electrons. The van der Waals surface area contributed by atoms with E-state index in [0.29, 0.717) is 13.0 Å². The Hall–Kier alpha value is -2.86. The second kappa shape index (κ2) is 10.2. The molecule has 0 unspecified atom stereocenters. The maximum Gasteiger partial charge on any atom is 0.308 e. The maximum absolute atomic E-state index is 12.0. The molecule has 0 fully saturated rings. The number of ether oxygens (including phenoxy) is 2. The van der Waals surface area contributed by atoms with E-state index in [1.165, 1.54) is 0 Å². The molecule has 1 atom stereocenters. The van der Waals surface area contributed by atoms with Crippen molar-refractivity contribution in [2.75, 3.05) is 13.7 Å². The first-order chi connectivity index (χ1) is 12.6. The number of methoxy groups -OCH3 is 1. The summed E-state index contributed by atoms with van der Waals surface area (Å²) in [6.45, 7) is 0.614. The van der Waals surface area contributed by atoms with Crippen molar-refractivity contribution in [2.24, 2.45) is 5.73 Å². The van der Waals surface area contributed by atoms with Gasteiger partial charge in [-0.15, -0.1) is 0 Å². The van der Waals surface area contributed by atoms with Crippen molar-refractivity contribution in [2.45, 2.75) is 25.5 Å². The Balaban J connectivity index is 1.66. The molecule has 6 heteroatoms. The molecule has 0 aliphatic rings. The third-order valence-electron chi connectivity index (χ3n) is 3.84. The molecule has 0 bridgehead atoms. The van der Waals surface area contributed by atoms with Crippen molar-refractivity contribution in [1.82, 2.24) is 5.32 Å². The van der Waals surface area contributed by atoms with E-state index in [1.54, 1.807) is 7.11 Å². The van der Waals surface area contributed by atoms with Crippen LogP contribution in [0, 0.1) is 0 Å². The Bertz CT molecular complexity index is 702. The Morgan fingerprint density at radius 3 is 2.38 bits per heavy atom. The lowest BCUT2D eigenvalue weighted by Gasteiger charge is -2.12. The lowest BCUT2D eigenvalue weighted by Crippen LogP contribution is -2.42. The van der Waals surface area contributed by atoms with Gasteiger partial charge in [-0.2, -0.15) is 0 Å². The Morgan fingerprint density at radius 2 is 1.73 bits per heavy atom. The predicted octanol–water partition coefficient (Wildman–Crippen LogP) is 1.81. The second-order valence-corrected chi connectivity index (χ2v) is 5.85. The summed E-state index contributed by atoms with van der Waals surface area (Å²) in [5.41, 5.74) is 7.73. The van der Waals surface area contributed by atoms with E-state index >= 15 is 0 Å². The Kier molecular flexibility index (Phi) is 7.64. The van der Waals surface area contributed by atoms with Gasteiger partial charge in [-0.1, -0.05) is 42.5 Å². The number of carbonyl (C=O) groups is 2. The number of esters is 1. The van der Waals surface area contributed by atoms with Crippen LogP contribution >= 0.6 is 0 Å². The second-order valence-electron chi connectivity index (χ2n) is 5.85. The van der Waals surface area contributed by atoms with Crippen LogP contribution in [0.2, 0.25) is 0 Å². The Morgan fingerprint density at radius 1 is 1.04 bits per heavy atom. The van der Waals surface area contributed by atoms with Crippen LogP contribution in [-0.2, 0) is 27.4 Å². The lowest BCUT2D eigenvalue weighted by atomic mass is 10.1. The molecule has 3 N–H and O–H groups in total. The zero-order valence-electron chi connectivity index (χ0n) is 14.8. The van der Waals surface area contributed by atoms with Gasteiger partial charge in [0.05, 0.1) is 19.6 Å². The first-order valence-electron chi connectivity index (χ1n) is 8.44. The fourth-order valence-corrected chi connectivity index (χ4v) is 2.32. The van der Waals surface area contributed by atoms with Crippen LogP contribution in [0.15, 0.2) is 54.6 Å². The fourth-order valence-electron chi connectivity index (χ4n) is 2.32. The van der Waals surface area contributed by atoms with E-state index in [-0.39, 0.29) is 18.9 Å². The van der Waals surface area contributed by atoms with Crippen molar-refractivity contribution in [3.8, 4) is 5.75 Å². The van der Waals surface area contributed by atoms with Crippen LogP contribution < -0.4 is 15.8 Å². The number of nitrogens with one attached hydrogen (secondary N) is 1. The number of hydrogen-bond donors (Lipinski definition) is 2. The molecule has 26 heavy (non-hydrogen) atoms. The maximum atomic E-state index is 12.0. The zero-order valence-corrected chi connectivity index (χ0v) is 14.8. The summed E-state index contributed by atoms with van der Waals surface area (Å²) in [5, 5.41) is 2.74. The minimum atomic E-state index is -0.922. The van der Waals surface area contributed by atoms with E-state index in [0.717, 1.165) is 16.9 Å². The first kappa shape index (κ1) is 19.5. The summed E-state index contributed by atoms with van der Waals surface area (Å²) in [6, 6.07) is 16.0. The molecule has 2 aromatic carbocycles. The van der Waals surface area contributed by atoms with Gasteiger partial charge in [-0.3, -0.25) is 9.59 Å². The summed E-state index contributed by atoms with van der Waals surface area (Å²) in [7, 11) is 1.61. The van der Waals surface area contributed by atoms with Crippen LogP contribution in [0.4, 0.5) is 0 Å². The molecule has 0 saturated carbocycles. The number of hydrogen-bond acceptors (Lipinski definition) is 5. The third-order valence-corrected chi connectivity index (χ3v) is 3.84. The summed E-state index contributed by atoms with van der Waals surface area (Å²) in [5.74, 6) is -0.0735. The van der Waals surface area contributed by atoms with Crippen LogP contribution in [0.25, 0.3) is 0 Å². The van der Waals surface area contributed by atoms with E-state index in [4.69, 9.17) is 15.2 Å². The largest absolute Gasteiger partial charge is 0.497 e. The zero-order chi connectivity index (χ0) is 18.8. The molecule has 0 radical (unpaired) electrons. The van der Waals surface area contributed by atoms with Crippen molar-refractivity contribution < 1.29 is 19.1 Å². The summed E-state index contributed by atoms with van der Waals surface area (Å²) < 4.78 is 10.2. The van der Waals surface area contributed by atoms with Gasteiger partial charge >= 0.3 is 5.97 Å². The highest BCUT2D eigenvalue weighted by Crippen LogP contribution is 2.11. The molecule has 2 rings (SSSR count).